The lowest BCUT2D eigenvalue weighted by atomic mass is 9.77. The predicted octanol–water partition coefficient (Wildman–Crippen LogP) is 0.631. The minimum absolute atomic E-state index is 0.341. The number of aliphatic hydroxyl groups is 1. The van der Waals surface area contributed by atoms with E-state index in [1.165, 1.54) is 24.3 Å². The zero-order valence-corrected chi connectivity index (χ0v) is 10.9. The third kappa shape index (κ3) is 1.46. The molecule has 4 atom stereocenters. The molecule has 2 saturated heterocycles. The van der Waals surface area contributed by atoms with Crippen LogP contribution in [0.25, 0.3) is 0 Å². The molecule has 1 aromatic rings. The van der Waals surface area contributed by atoms with Crippen LogP contribution in [-0.2, 0) is 14.3 Å². The molecule has 2 amide bonds. The van der Waals surface area contributed by atoms with Crippen LogP contribution in [0.3, 0.4) is 0 Å². The molecule has 2 fully saturated rings. The third-order valence-electron chi connectivity index (χ3n) is 4.49. The molecule has 6 heteroatoms. The monoisotopic (exact) mass is 289 g/mol. The Morgan fingerprint density at radius 1 is 1.24 bits per heavy atom. The first-order valence-corrected chi connectivity index (χ1v) is 6.69. The van der Waals surface area contributed by atoms with Crippen LogP contribution in [0.2, 0.25) is 0 Å². The van der Waals surface area contributed by atoms with Crippen LogP contribution in [0, 0.1) is 17.7 Å². The summed E-state index contributed by atoms with van der Waals surface area (Å²) in [5.74, 6) is -2.52. The Morgan fingerprint density at radius 2 is 1.95 bits per heavy atom. The largest absolute Gasteiger partial charge is 0.393 e. The number of hydrogen-bond donors (Lipinski definition) is 1. The second-order valence-corrected chi connectivity index (χ2v) is 5.55. The Labute approximate surface area is 119 Å². The molecule has 0 aliphatic carbocycles. The van der Waals surface area contributed by atoms with Crippen molar-refractivity contribution in [3.05, 3.63) is 42.2 Å². The second-order valence-electron chi connectivity index (χ2n) is 5.55. The molecule has 108 valence electrons. The lowest BCUT2D eigenvalue weighted by molar-refractivity contribution is -0.128. The fourth-order valence-corrected chi connectivity index (χ4v) is 3.53. The van der Waals surface area contributed by atoms with Gasteiger partial charge in [0.2, 0.25) is 11.8 Å². The van der Waals surface area contributed by atoms with Crippen molar-refractivity contribution in [1.82, 2.24) is 0 Å². The predicted molar refractivity (Wildman–Crippen MR) is 69.7 cm³/mol. The molecule has 0 aromatic heterocycles. The number of halogens is 1. The molecule has 4 rings (SSSR count). The number of carbonyl (C=O) groups is 2. The van der Waals surface area contributed by atoms with E-state index in [0.29, 0.717) is 5.69 Å². The highest BCUT2D eigenvalue weighted by atomic mass is 19.1. The van der Waals surface area contributed by atoms with Crippen molar-refractivity contribution in [2.75, 3.05) is 11.5 Å². The van der Waals surface area contributed by atoms with Crippen molar-refractivity contribution in [3.63, 3.8) is 0 Å². The fourth-order valence-electron chi connectivity index (χ4n) is 3.53. The van der Waals surface area contributed by atoms with Crippen LogP contribution in [0.4, 0.5) is 10.1 Å². The molecule has 1 N–H and O–H groups in total. The van der Waals surface area contributed by atoms with Gasteiger partial charge in [-0.3, -0.25) is 9.59 Å². The number of amides is 2. The number of nitrogens with zero attached hydrogens (tertiary/aromatic N) is 1. The van der Waals surface area contributed by atoms with Crippen LogP contribution >= 0.6 is 0 Å². The molecule has 0 saturated carbocycles. The van der Waals surface area contributed by atoms with Crippen molar-refractivity contribution in [2.45, 2.75) is 11.7 Å². The Kier molecular flexibility index (Phi) is 2.41. The van der Waals surface area contributed by atoms with E-state index in [-0.39, 0.29) is 12.5 Å². The maximum atomic E-state index is 13.0. The van der Waals surface area contributed by atoms with Gasteiger partial charge < -0.3 is 9.84 Å². The summed E-state index contributed by atoms with van der Waals surface area (Å²) in [6.45, 7) is -0.350. The smallest absolute Gasteiger partial charge is 0.241 e. The first kappa shape index (κ1) is 12.7. The summed E-state index contributed by atoms with van der Waals surface area (Å²) in [6, 6.07) is 5.20. The average molecular weight is 289 g/mol. The number of anilines is 1. The van der Waals surface area contributed by atoms with Gasteiger partial charge in [-0.15, -0.1) is 0 Å². The van der Waals surface area contributed by atoms with Gasteiger partial charge >= 0.3 is 0 Å². The highest BCUT2D eigenvalue weighted by Crippen LogP contribution is 2.52. The molecular formula is C15H12FNO4. The van der Waals surface area contributed by atoms with Crippen molar-refractivity contribution in [3.8, 4) is 0 Å². The van der Waals surface area contributed by atoms with Crippen LogP contribution in [-0.4, -0.2) is 35.2 Å². The van der Waals surface area contributed by atoms with E-state index in [2.05, 4.69) is 0 Å². The van der Waals surface area contributed by atoms with E-state index in [4.69, 9.17) is 4.74 Å². The zero-order chi connectivity index (χ0) is 14.8. The van der Waals surface area contributed by atoms with Crippen molar-refractivity contribution >= 4 is 17.5 Å². The van der Waals surface area contributed by atoms with E-state index in [0.717, 1.165) is 4.90 Å². The molecule has 2 bridgehead atoms. The number of imide groups is 1. The normalized spacial score (nSPS) is 36.7. The molecule has 1 aromatic carbocycles. The molecule has 0 spiro atoms. The van der Waals surface area contributed by atoms with Gasteiger partial charge in [-0.05, 0) is 24.3 Å². The standard InChI is InChI=1S/C15H12FNO4/c16-8-1-3-9(4-2-8)17-13(19)11-10-5-6-15(7-18,21-10)12(11)14(17)20/h1-6,10-12,18H,7H2. The van der Waals surface area contributed by atoms with E-state index < -0.39 is 35.3 Å². The van der Waals surface area contributed by atoms with Crippen LogP contribution in [0.15, 0.2) is 36.4 Å². The van der Waals surface area contributed by atoms with E-state index in [1.807, 2.05) is 0 Å². The molecule has 3 heterocycles. The number of benzene rings is 1. The number of fused-ring (bicyclic) bond motifs is 5. The maximum Gasteiger partial charge on any atom is 0.241 e. The van der Waals surface area contributed by atoms with E-state index >= 15 is 0 Å². The summed E-state index contributed by atoms with van der Waals surface area (Å²) in [4.78, 5) is 26.2. The minimum atomic E-state index is -1.10. The maximum absolute atomic E-state index is 13.0. The number of aliphatic hydroxyl groups excluding tert-OH is 1. The van der Waals surface area contributed by atoms with Gasteiger partial charge in [0, 0.05) is 0 Å². The molecule has 3 aliphatic heterocycles. The van der Waals surface area contributed by atoms with Gasteiger partial charge in [0.05, 0.1) is 30.2 Å². The van der Waals surface area contributed by atoms with E-state index in [9.17, 15) is 19.1 Å². The first-order valence-electron chi connectivity index (χ1n) is 6.69. The summed E-state index contributed by atoms with van der Waals surface area (Å²) in [7, 11) is 0. The van der Waals surface area contributed by atoms with Gasteiger partial charge in [-0.25, -0.2) is 9.29 Å². The number of carbonyl (C=O) groups excluding carboxylic acids is 2. The Balaban J connectivity index is 1.77. The van der Waals surface area contributed by atoms with Gasteiger partial charge in [0.15, 0.2) is 0 Å². The summed E-state index contributed by atoms with van der Waals surface area (Å²) in [5.41, 5.74) is -0.759. The summed E-state index contributed by atoms with van der Waals surface area (Å²) >= 11 is 0. The Hall–Kier alpha value is -2.05. The quantitative estimate of drug-likeness (QED) is 0.640. The summed E-state index contributed by atoms with van der Waals surface area (Å²) in [5, 5.41) is 9.58. The molecule has 0 radical (unpaired) electrons. The fraction of sp³-hybridized carbons (Fsp3) is 0.333. The molecule has 5 nitrogen and oxygen atoms in total. The number of ether oxygens (including phenoxy) is 1. The number of rotatable bonds is 2. The van der Waals surface area contributed by atoms with E-state index in [1.54, 1.807) is 12.2 Å². The van der Waals surface area contributed by atoms with Gasteiger partial charge in [0.25, 0.3) is 0 Å². The topological polar surface area (TPSA) is 66.8 Å². The van der Waals surface area contributed by atoms with Crippen molar-refractivity contribution in [1.29, 1.82) is 0 Å². The van der Waals surface area contributed by atoms with Crippen LogP contribution in [0.1, 0.15) is 0 Å². The van der Waals surface area contributed by atoms with Crippen LogP contribution < -0.4 is 4.90 Å². The second kappa shape index (κ2) is 3.99. The molecule has 21 heavy (non-hydrogen) atoms. The van der Waals surface area contributed by atoms with Crippen LogP contribution in [0.5, 0.6) is 0 Å². The van der Waals surface area contributed by atoms with Crippen molar-refractivity contribution in [2.24, 2.45) is 11.8 Å². The molecular weight excluding hydrogens is 277 g/mol. The SMILES string of the molecule is O=C1C2C3C=CC(CO)(O3)C2C(=O)N1c1ccc(F)cc1. The highest BCUT2D eigenvalue weighted by Gasteiger charge is 2.67. The zero-order valence-electron chi connectivity index (χ0n) is 10.9. The Bertz CT molecular complexity index is 671. The lowest BCUT2D eigenvalue weighted by Crippen LogP contribution is -2.43. The van der Waals surface area contributed by atoms with Gasteiger partial charge in [0.1, 0.15) is 11.4 Å². The lowest BCUT2D eigenvalue weighted by Gasteiger charge is -2.26. The van der Waals surface area contributed by atoms with Gasteiger partial charge in [-0.1, -0.05) is 12.2 Å². The molecule has 3 aliphatic rings. The van der Waals surface area contributed by atoms with Gasteiger partial charge in [-0.2, -0.15) is 0 Å². The Morgan fingerprint density at radius 3 is 2.62 bits per heavy atom. The average Bonchev–Trinajstić information content (AvgIpc) is 3.12. The third-order valence-corrected chi connectivity index (χ3v) is 4.49. The summed E-state index contributed by atoms with van der Waals surface area (Å²) < 4.78 is 18.6. The first-order chi connectivity index (χ1) is 10.1. The molecule has 4 unspecified atom stereocenters. The highest BCUT2D eigenvalue weighted by molar-refractivity contribution is 6.23. The minimum Gasteiger partial charge on any atom is -0.393 e. The summed E-state index contributed by atoms with van der Waals surface area (Å²) in [6.07, 6.45) is 2.90. The number of hydrogen-bond acceptors (Lipinski definition) is 4. The van der Waals surface area contributed by atoms with Crippen molar-refractivity contribution < 1.29 is 23.8 Å².